The van der Waals surface area contributed by atoms with E-state index >= 15 is 0 Å². The van der Waals surface area contributed by atoms with Gasteiger partial charge in [-0.25, -0.2) is 17.5 Å². The molecule has 0 amide bonds. The van der Waals surface area contributed by atoms with Crippen LogP contribution in [0.5, 0.6) is 0 Å². The van der Waals surface area contributed by atoms with E-state index in [9.17, 15) is 17.9 Å². The van der Waals surface area contributed by atoms with E-state index in [1.807, 2.05) is 6.92 Å². The topological polar surface area (TPSA) is 92.4 Å². The van der Waals surface area contributed by atoms with Gasteiger partial charge in [0.1, 0.15) is 5.82 Å². The molecule has 114 valence electrons. The Morgan fingerprint density at radius 1 is 1.45 bits per heavy atom. The van der Waals surface area contributed by atoms with Gasteiger partial charge in [0.05, 0.1) is 16.2 Å². The smallest absolute Gasteiger partial charge is 0.241 e. The van der Waals surface area contributed by atoms with Crippen LogP contribution in [0.15, 0.2) is 17.0 Å². The summed E-state index contributed by atoms with van der Waals surface area (Å²) < 4.78 is 39.9. The average molecular weight is 304 g/mol. The summed E-state index contributed by atoms with van der Waals surface area (Å²) in [6.07, 6.45) is 1.21. The third-order valence-corrected chi connectivity index (χ3v) is 4.56. The zero-order valence-corrected chi connectivity index (χ0v) is 12.7. The number of aryl methyl sites for hydroxylation is 1. The maximum Gasteiger partial charge on any atom is 0.241 e. The van der Waals surface area contributed by atoms with Gasteiger partial charge in [-0.3, -0.25) is 0 Å². The van der Waals surface area contributed by atoms with Gasteiger partial charge in [-0.05, 0) is 38.0 Å². The normalized spacial score (nSPS) is 15.1. The van der Waals surface area contributed by atoms with Crippen molar-refractivity contribution in [2.24, 2.45) is 0 Å². The molecule has 1 unspecified atom stereocenters. The second-order valence-corrected chi connectivity index (χ2v) is 6.95. The molecule has 4 N–H and O–H groups in total. The molecule has 1 aromatic rings. The van der Waals surface area contributed by atoms with Gasteiger partial charge in [0.25, 0.3) is 0 Å². The second-order valence-electron chi connectivity index (χ2n) is 5.21. The summed E-state index contributed by atoms with van der Waals surface area (Å²) in [5.41, 5.74) is 4.31. The first-order chi connectivity index (χ1) is 9.09. The second kappa shape index (κ2) is 6.07. The Morgan fingerprint density at radius 2 is 2.05 bits per heavy atom. The maximum atomic E-state index is 13.2. The molecule has 7 heteroatoms. The Hall–Kier alpha value is -1.18. The van der Waals surface area contributed by atoms with Crippen molar-refractivity contribution in [1.82, 2.24) is 4.72 Å². The quantitative estimate of drug-likeness (QED) is 0.695. The largest absolute Gasteiger partial charge is 0.396 e. The van der Waals surface area contributed by atoms with Gasteiger partial charge in [-0.1, -0.05) is 13.3 Å². The summed E-state index contributed by atoms with van der Waals surface area (Å²) in [6.45, 7) is 4.83. The Kier molecular flexibility index (Phi) is 5.12. The van der Waals surface area contributed by atoms with Crippen molar-refractivity contribution in [3.63, 3.8) is 0 Å². The summed E-state index contributed by atoms with van der Waals surface area (Å²) >= 11 is 0. The number of nitrogen functional groups attached to an aromatic ring is 1. The van der Waals surface area contributed by atoms with E-state index in [-0.39, 0.29) is 22.7 Å². The number of hydrogen-bond acceptors (Lipinski definition) is 4. The summed E-state index contributed by atoms with van der Waals surface area (Å²) in [5, 5.41) is 9.98. The van der Waals surface area contributed by atoms with E-state index in [0.29, 0.717) is 6.42 Å². The third kappa shape index (κ3) is 4.16. The van der Waals surface area contributed by atoms with Gasteiger partial charge in [-0.15, -0.1) is 0 Å². The van der Waals surface area contributed by atoms with E-state index < -0.39 is 21.4 Å². The standard InChI is InChI=1S/C13H21FN2O3S/c1-4-5-13(3,17)8-16-20(18,19)12-7-11(15)10(14)6-9(12)2/h6-7,16-17H,4-5,8,15H2,1-3H3. The number of nitrogens with two attached hydrogens (primary N) is 1. The monoisotopic (exact) mass is 304 g/mol. The number of hydrogen-bond donors (Lipinski definition) is 3. The first-order valence-electron chi connectivity index (χ1n) is 6.37. The van der Waals surface area contributed by atoms with Crippen molar-refractivity contribution >= 4 is 15.7 Å². The van der Waals surface area contributed by atoms with Crippen LogP contribution >= 0.6 is 0 Å². The number of aliphatic hydroxyl groups is 1. The molecule has 0 bridgehead atoms. The molecule has 5 nitrogen and oxygen atoms in total. The Labute approximate surface area is 119 Å². The molecule has 0 aliphatic heterocycles. The van der Waals surface area contributed by atoms with Crippen molar-refractivity contribution in [3.8, 4) is 0 Å². The van der Waals surface area contributed by atoms with Gasteiger partial charge >= 0.3 is 0 Å². The van der Waals surface area contributed by atoms with Crippen LogP contribution in [0.25, 0.3) is 0 Å². The molecule has 0 aromatic heterocycles. The zero-order valence-electron chi connectivity index (χ0n) is 11.9. The van der Waals surface area contributed by atoms with Crippen LogP contribution in [-0.4, -0.2) is 25.7 Å². The van der Waals surface area contributed by atoms with Crippen LogP contribution in [0.4, 0.5) is 10.1 Å². The maximum absolute atomic E-state index is 13.2. The molecule has 1 aromatic carbocycles. The van der Waals surface area contributed by atoms with Crippen molar-refractivity contribution in [1.29, 1.82) is 0 Å². The molecular formula is C13H21FN2O3S. The van der Waals surface area contributed by atoms with Crippen molar-refractivity contribution in [2.75, 3.05) is 12.3 Å². The SMILES string of the molecule is CCCC(C)(O)CNS(=O)(=O)c1cc(N)c(F)cc1C. The molecule has 1 rings (SSSR count). The van der Waals surface area contributed by atoms with Gasteiger partial charge in [0, 0.05) is 6.54 Å². The van der Waals surface area contributed by atoms with Crippen molar-refractivity contribution in [2.45, 2.75) is 44.1 Å². The van der Waals surface area contributed by atoms with Gasteiger partial charge in [-0.2, -0.15) is 0 Å². The zero-order chi connectivity index (χ0) is 15.6. The predicted molar refractivity (Wildman–Crippen MR) is 76.3 cm³/mol. The van der Waals surface area contributed by atoms with Crippen LogP contribution in [0.3, 0.4) is 0 Å². The predicted octanol–water partition coefficient (Wildman–Crippen LogP) is 1.55. The molecule has 0 radical (unpaired) electrons. The fourth-order valence-electron chi connectivity index (χ4n) is 1.91. The highest BCUT2D eigenvalue weighted by atomic mass is 32.2. The molecular weight excluding hydrogens is 283 g/mol. The number of sulfonamides is 1. The first-order valence-corrected chi connectivity index (χ1v) is 7.85. The lowest BCUT2D eigenvalue weighted by molar-refractivity contribution is 0.0554. The minimum absolute atomic E-state index is 0.0799. The highest BCUT2D eigenvalue weighted by Gasteiger charge is 2.25. The summed E-state index contributed by atoms with van der Waals surface area (Å²) in [4.78, 5) is -0.0799. The van der Waals surface area contributed by atoms with Crippen LogP contribution < -0.4 is 10.5 Å². The van der Waals surface area contributed by atoms with Crippen LogP contribution in [0, 0.1) is 12.7 Å². The Morgan fingerprint density at radius 3 is 2.60 bits per heavy atom. The number of benzene rings is 1. The van der Waals surface area contributed by atoms with E-state index in [0.717, 1.165) is 18.6 Å². The Balaban J connectivity index is 2.98. The fourth-order valence-corrected chi connectivity index (χ4v) is 3.33. The van der Waals surface area contributed by atoms with E-state index in [4.69, 9.17) is 5.73 Å². The van der Waals surface area contributed by atoms with Gasteiger partial charge in [0.2, 0.25) is 10.0 Å². The molecule has 0 saturated heterocycles. The van der Waals surface area contributed by atoms with E-state index in [2.05, 4.69) is 4.72 Å². The lowest BCUT2D eigenvalue weighted by atomic mass is 10.0. The highest BCUT2D eigenvalue weighted by Crippen LogP contribution is 2.22. The number of anilines is 1. The van der Waals surface area contributed by atoms with Crippen molar-refractivity contribution < 1.29 is 17.9 Å². The summed E-state index contributed by atoms with van der Waals surface area (Å²) in [6, 6.07) is 2.16. The molecule has 0 aliphatic carbocycles. The molecule has 0 spiro atoms. The van der Waals surface area contributed by atoms with E-state index in [1.54, 1.807) is 6.92 Å². The minimum atomic E-state index is -3.84. The highest BCUT2D eigenvalue weighted by molar-refractivity contribution is 7.89. The number of nitrogens with one attached hydrogen (secondary N) is 1. The summed E-state index contributed by atoms with van der Waals surface area (Å²) in [7, 11) is -3.84. The molecule has 0 heterocycles. The minimum Gasteiger partial charge on any atom is -0.396 e. The molecule has 20 heavy (non-hydrogen) atoms. The molecule has 0 saturated carbocycles. The third-order valence-electron chi connectivity index (χ3n) is 3.02. The fraction of sp³-hybridized carbons (Fsp3) is 0.538. The van der Waals surface area contributed by atoms with E-state index in [1.165, 1.54) is 6.92 Å². The van der Waals surface area contributed by atoms with Gasteiger partial charge in [0.15, 0.2) is 0 Å². The van der Waals surface area contributed by atoms with Gasteiger partial charge < -0.3 is 10.8 Å². The van der Waals surface area contributed by atoms with Crippen LogP contribution in [0.2, 0.25) is 0 Å². The average Bonchev–Trinajstić information content (AvgIpc) is 2.31. The number of rotatable bonds is 6. The molecule has 0 aliphatic rings. The Bertz CT molecular complexity index is 586. The lowest BCUT2D eigenvalue weighted by Crippen LogP contribution is -2.40. The molecule has 0 fully saturated rings. The summed E-state index contributed by atoms with van der Waals surface area (Å²) in [5.74, 6) is -0.653. The lowest BCUT2D eigenvalue weighted by Gasteiger charge is -2.23. The molecule has 1 atom stereocenters. The number of halogens is 1. The van der Waals surface area contributed by atoms with Crippen LogP contribution in [0.1, 0.15) is 32.3 Å². The van der Waals surface area contributed by atoms with Crippen LogP contribution in [-0.2, 0) is 10.0 Å². The van der Waals surface area contributed by atoms with Crippen molar-refractivity contribution in [3.05, 3.63) is 23.5 Å². The first kappa shape index (κ1) is 16.9.